The van der Waals surface area contributed by atoms with Crippen molar-refractivity contribution in [3.63, 3.8) is 0 Å². The molecule has 1 aromatic rings. The van der Waals surface area contributed by atoms with Gasteiger partial charge in [0, 0.05) is 25.6 Å². The SMILES string of the molecule is Cc1cccc(CC(=O)NC2CCN(C(=O)C3CCC(=O)N3)CC2)c1. The molecular weight excluding hydrogens is 318 g/mol. The van der Waals surface area contributed by atoms with Crippen molar-refractivity contribution in [2.24, 2.45) is 0 Å². The van der Waals surface area contributed by atoms with Crippen LogP contribution in [-0.4, -0.2) is 47.8 Å². The quantitative estimate of drug-likeness (QED) is 0.853. The normalized spacial score (nSPS) is 21.1. The van der Waals surface area contributed by atoms with Gasteiger partial charge in [0.15, 0.2) is 0 Å². The first-order chi connectivity index (χ1) is 12.0. The molecule has 3 rings (SSSR count). The predicted molar refractivity (Wildman–Crippen MR) is 93.8 cm³/mol. The van der Waals surface area contributed by atoms with Gasteiger partial charge >= 0.3 is 0 Å². The lowest BCUT2D eigenvalue weighted by Crippen LogP contribution is -2.51. The van der Waals surface area contributed by atoms with Gasteiger partial charge in [-0.25, -0.2) is 0 Å². The van der Waals surface area contributed by atoms with Crippen molar-refractivity contribution in [3.8, 4) is 0 Å². The monoisotopic (exact) mass is 343 g/mol. The van der Waals surface area contributed by atoms with E-state index in [4.69, 9.17) is 0 Å². The topological polar surface area (TPSA) is 78.5 Å². The van der Waals surface area contributed by atoms with Crippen LogP contribution in [-0.2, 0) is 20.8 Å². The molecule has 0 radical (unpaired) electrons. The highest BCUT2D eigenvalue weighted by molar-refractivity contribution is 5.90. The molecule has 1 unspecified atom stereocenters. The smallest absolute Gasteiger partial charge is 0.245 e. The fourth-order valence-electron chi connectivity index (χ4n) is 3.55. The third kappa shape index (κ3) is 4.59. The zero-order valence-electron chi connectivity index (χ0n) is 14.6. The highest BCUT2D eigenvalue weighted by atomic mass is 16.2. The molecule has 3 amide bonds. The Morgan fingerprint density at radius 1 is 1.24 bits per heavy atom. The number of hydrogen-bond donors (Lipinski definition) is 2. The molecule has 2 fully saturated rings. The van der Waals surface area contributed by atoms with Gasteiger partial charge in [-0.15, -0.1) is 0 Å². The maximum atomic E-state index is 12.4. The fourth-order valence-corrected chi connectivity index (χ4v) is 3.55. The molecule has 134 valence electrons. The summed E-state index contributed by atoms with van der Waals surface area (Å²) < 4.78 is 0. The Hall–Kier alpha value is -2.37. The first kappa shape index (κ1) is 17.5. The molecule has 0 aliphatic carbocycles. The maximum absolute atomic E-state index is 12.4. The van der Waals surface area contributed by atoms with Crippen LogP contribution < -0.4 is 10.6 Å². The van der Waals surface area contributed by atoms with Crippen LogP contribution in [0.4, 0.5) is 0 Å². The fraction of sp³-hybridized carbons (Fsp3) is 0.526. The maximum Gasteiger partial charge on any atom is 0.245 e. The molecule has 1 aromatic carbocycles. The number of aryl methyl sites for hydroxylation is 1. The van der Waals surface area contributed by atoms with Crippen LogP contribution in [0.2, 0.25) is 0 Å². The highest BCUT2D eigenvalue weighted by Gasteiger charge is 2.32. The summed E-state index contributed by atoms with van der Waals surface area (Å²) in [4.78, 5) is 37.6. The lowest BCUT2D eigenvalue weighted by atomic mass is 10.0. The van der Waals surface area contributed by atoms with Gasteiger partial charge < -0.3 is 15.5 Å². The summed E-state index contributed by atoms with van der Waals surface area (Å²) in [6, 6.07) is 7.71. The second-order valence-corrected chi connectivity index (χ2v) is 6.99. The Morgan fingerprint density at radius 3 is 2.64 bits per heavy atom. The van der Waals surface area contributed by atoms with E-state index in [2.05, 4.69) is 10.6 Å². The van der Waals surface area contributed by atoms with Gasteiger partial charge in [0.2, 0.25) is 17.7 Å². The number of nitrogens with one attached hydrogen (secondary N) is 2. The van der Waals surface area contributed by atoms with E-state index in [0.717, 1.165) is 24.0 Å². The minimum absolute atomic E-state index is 0.00962. The summed E-state index contributed by atoms with van der Waals surface area (Å²) in [5.74, 6) is -0.00883. The van der Waals surface area contributed by atoms with Crippen LogP contribution in [0.25, 0.3) is 0 Å². The number of carbonyl (C=O) groups is 3. The summed E-state index contributed by atoms with van der Waals surface area (Å²) in [7, 11) is 0. The lowest BCUT2D eigenvalue weighted by Gasteiger charge is -2.33. The highest BCUT2D eigenvalue weighted by Crippen LogP contribution is 2.16. The first-order valence-electron chi connectivity index (χ1n) is 8.94. The van der Waals surface area contributed by atoms with Gasteiger partial charge in [-0.2, -0.15) is 0 Å². The van der Waals surface area contributed by atoms with Crippen molar-refractivity contribution in [1.29, 1.82) is 0 Å². The number of rotatable bonds is 4. The number of carbonyl (C=O) groups excluding carboxylic acids is 3. The van der Waals surface area contributed by atoms with Crippen LogP contribution in [0.1, 0.15) is 36.8 Å². The molecule has 0 spiro atoms. The van der Waals surface area contributed by atoms with E-state index < -0.39 is 0 Å². The Balaban J connectivity index is 1.43. The Bertz CT molecular complexity index is 666. The average Bonchev–Trinajstić information content (AvgIpc) is 3.01. The number of benzene rings is 1. The van der Waals surface area contributed by atoms with Crippen LogP contribution in [0.15, 0.2) is 24.3 Å². The molecule has 0 bridgehead atoms. The molecule has 1 atom stereocenters. The minimum atomic E-state index is -0.361. The summed E-state index contributed by atoms with van der Waals surface area (Å²) in [6.07, 6.45) is 2.92. The van der Waals surface area contributed by atoms with E-state index in [1.807, 2.05) is 31.2 Å². The van der Waals surface area contributed by atoms with E-state index >= 15 is 0 Å². The zero-order valence-corrected chi connectivity index (χ0v) is 14.6. The third-order valence-electron chi connectivity index (χ3n) is 4.91. The molecule has 6 nitrogen and oxygen atoms in total. The molecule has 0 saturated carbocycles. The number of amides is 3. The van der Waals surface area contributed by atoms with E-state index in [0.29, 0.717) is 32.4 Å². The molecule has 25 heavy (non-hydrogen) atoms. The lowest BCUT2D eigenvalue weighted by molar-refractivity contribution is -0.135. The minimum Gasteiger partial charge on any atom is -0.353 e. The zero-order chi connectivity index (χ0) is 17.8. The first-order valence-corrected chi connectivity index (χ1v) is 8.94. The molecule has 2 saturated heterocycles. The number of nitrogens with zero attached hydrogens (tertiary/aromatic N) is 1. The van der Waals surface area contributed by atoms with Gasteiger partial charge in [0.1, 0.15) is 6.04 Å². The van der Waals surface area contributed by atoms with Gasteiger partial charge in [0.25, 0.3) is 0 Å². The average molecular weight is 343 g/mol. The van der Waals surface area contributed by atoms with Crippen LogP contribution in [0.3, 0.4) is 0 Å². The molecular formula is C19H25N3O3. The number of likely N-dealkylation sites (tertiary alicyclic amines) is 1. The van der Waals surface area contributed by atoms with E-state index in [-0.39, 0.29) is 29.8 Å². The van der Waals surface area contributed by atoms with E-state index in [9.17, 15) is 14.4 Å². The van der Waals surface area contributed by atoms with Crippen LogP contribution >= 0.6 is 0 Å². The third-order valence-corrected chi connectivity index (χ3v) is 4.91. The summed E-state index contributed by atoms with van der Waals surface area (Å²) in [6.45, 7) is 3.27. The van der Waals surface area contributed by atoms with Crippen molar-refractivity contribution < 1.29 is 14.4 Å². The molecule has 6 heteroatoms. The van der Waals surface area contributed by atoms with Crippen LogP contribution in [0, 0.1) is 6.92 Å². The number of hydrogen-bond acceptors (Lipinski definition) is 3. The predicted octanol–water partition coefficient (Wildman–Crippen LogP) is 0.923. The Labute approximate surface area is 148 Å². The Morgan fingerprint density at radius 2 is 2.00 bits per heavy atom. The van der Waals surface area contributed by atoms with Crippen molar-refractivity contribution in [1.82, 2.24) is 15.5 Å². The van der Waals surface area contributed by atoms with Gasteiger partial charge in [-0.05, 0) is 31.7 Å². The largest absolute Gasteiger partial charge is 0.353 e. The number of piperidine rings is 1. The second kappa shape index (κ2) is 7.68. The van der Waals surface area contributed by atoms with Gasteiger partial charge in [-0.1, -0.05) is 29.8 Å². The summed E-state index contributed by atoms with van der Waals surface area (Å²) >= 11 is 0. The van der Waals surface area contributed by atoms with Crippen molar-refractivity contribution in [2.75, 3.05) is 13.1 Å². The second-order valence-electron chi connectivity index (χ2n) is 6.99. The summed E-state index contributed by atoms with van der Waals surface area (Å²) in [5.41, 5.74) is 2.17. The molecule has 2 aliphatic heterocycles. The van der Waals surface area contributed by atoms with Gasteiger partial charge in [-0.3, -0.25) is 14.4 Å². The van der Waals surface area contributed by atoms with E-state index in [1.165, 1.54) is 0 Å². The van der Waals surface area contributed by atoms with Crippen LogP contribution in [0.5, 0.6) is 0 Å². The summed E-state index contributed by atoms with van der Waals surface area (Å²) in [5, 5.41) is 5.80. The van der Waals surface area contributed by atoms with Gasteiger partial charge in [0.05, 0.1) is 6.42 Å². The molecule has 0 aromatic heterocycles. The van der Waals surface area contributed by atoms with Crippen molar-refractivity contribution in [2.45, 2.75) is 51.1 Å². The molecule has 2 N–H and O–H groups in total. The van der Waals surface area contributed by atoms with Crippen molar-refractivity contribution >= 4 is 17.7 Å². The molecule has 2 heterocycles. The van der Waals surface area contributed by atoms with Crippen molar-refractivity contribution in [3.05, 3.63) is 35.4 Å². The van der Waals surface area contributed by atoms with E-state index in [1.54, 1.807) is 4.90 Å². The Kier molecular flexibility index (Phi) is 5.36. The standard InChI is InChI=1S/C19H25N3O3/c1-13-3-2-4-14(11-13)12-18(24)20-15-7-9-22(10-8-15)19(25)16-5-6-17(23)21-16/h2-4,11,15-16H,5-10,12H2,1H3,(H,20,24)(H,21,23). The molecule has 2 aliphatic rings.